The van der Waals surface area contributed by atoms with Crippen LogP contribution in [0.25, 0.3) is 10.8 Å². The molecule has 1 aliphatic rings. The van der Waals surface area contributed by atoms with Gasteiger partial charge >= 0.3 is 0 Å². The third-order valence-corrected chi connectivity index (χ3v) is 4.10. The molecule has 17 heavy (non-hydrogen) atoms. The molecule has 3 rings (SSSR count). The van der Waals surface area contributed by atoms with E-state index in [2.05, 4.69) is 54.8 Å². The van der Waals surface area contributed by atoms with Gasteiger partial charge in [0.25, 0.3) is 0 Å². The number of benzene rings is 2. The van der Waals surface area contributed by atoms with Crippen LogP contribution in [-0.2, 0) is 0 Å². The summed E-state index contributed by atoms with van der Waals surface area (Å²) in [6.45, 7) is 0. The molecule has 1 nitrogen and oxygen atoms in total. The molecule has 88 valence electrons. The van der Waals surface area contributed by atoms with E-state index in [4.69, 9.17) is 0 Å². The topological polar surface area (TPSA) is 12.0 Å². The second kappa shape index (κ2) is 4.50. The molecule has 2 atom stereocenters. The summed E-state index contributed by atoms with van der Waals surface area (Å²) in [4.78, 5) is 0. The second-order valence-corrected chi connectivity index (χ2v) is 5.06. The molecule has 2 aromatic carbocycles. The Bertz CT molecular complexity index is 512. The minimum absolute atomic E-state index is 0.707. The molecule has 0 aliphatic heterocycles. The van der Waals surface area contributed by atoms with Crippen LogP contribution in [-0.4, -0.2) is 13.1 Å². The van der Waals surface area contributed by atoms with E-state index in [1.54, 1.807) is 5.56 Å². The number of rotatable bonds is 2. The fourth-order valence-corrected chi connectivity index (χ4v) is 3.13. The summed E-state index contributed by atoms with van der Waals surface area (Å²) in [6, 6.07) is 16.2. The van der Waals surface area contributed by atoms with Crippen LogP contribution in [0.15, 0.2) is 42.5 Å². The molecule has 0 amide bonds. The van der Waals surface area contributed by atoms with E-state index in [1.165, 1.54) is 30.0 Å². The highest BCUT2D eigenvalue weighted by Crippen LogP contribution is 2.37. The summed E-state index contributed by atoms with van der Waals surface area (Å²) in [5.41, 5.74) is 1.54. The summed E-state index contributed by atoms with van der Waals surface area (Å²) in [5, 5.41) is 6.23. The quantitative estimate of drug-likeness (QED) is 0.821. The van der Waals surface area contributed by atoms with Gasteiger partial charge in [0, 0.05) is 6.04 Å². The Kier molecular flexibility index (Phi) is 2.86. The maximum atomic E-state index is 3.41. The first kappa shape index (κ1) is 10.8. The lowest BCUT2D eigenvalue weighted by atomic mass is 9.92. The van der Waals surface area contributed by atoms with Crippen LogP contribution >= 0.6 is 0 Å². The molecule has 0 heterocycles. The fraction of sp³-hybridized carbons (Fsp3) is 0.375. The molecular weight excluding hydrogens is 206 g/mol. The zero-order valence-electron chi connectivity index (χ0n) is 10.3. The van der Waals surface area contributed by atoms with Gasteiger partial charge < -0.3 is 5.32 Å². The van der Waals surface area contributed by atoms with Crippen molar-refractivity contribution in [1.82, 2.24) is 5.32 Å². The van der Waals surface area contributed by atoms with Crippen LogP contribution in [0.5, 0.6) is 0 Å². The average molecular weight is 225 g/mol. The summed E-state index contributed by atoms with van der Waals surface area (Å²) < 4.78 is 0. The molecule has 2 aromatic rings. The van der Waals surface area contributed by atoms with Crippen LogP contribution in [0.3, 0.4) is 0 Å². The summed E-state index contributed by atoms with van der Waals surface area (Å²) >= 11 is 0. The molecule has 0 spiro atoms. The minimum atomic E-state index is 0.707. The third kappa shape index (κ3) is 1.96. The van der Waals surface area contributed by atoms with Gasteiger partial charge in [0.2, 0.25) is 0 Å². The molecule has 1 fully saturated rings. The average Bonchev–Trinajstić information content (AvgIpc) is 2.87. The molecular formula is C16H19N. The van der Waals surface area contributed by atoms with Crippen molar-refractivity contribution in [3.05, 3.63) is 48.0 Å². The van der Waals surface area contributed by atoms with E-state index in [0.717, 1.165) is 5.92 Å². The molecule has 1 aliphatic carbocycles. The van der Waals surface area contributed by atoms with Crippen LogP contribution in [0.2, 0.25) is 0 Å². The maximum Gasteiger partial charge on any atom is 0.00701 e. The Morgan fingerprint density at radius 1 is 1.00 bits per heavy atom. The van der Waals surface area contributed by atoms with Gasteiger partial charge in [-0.1, -0.05) is 42.5 Å². The maximum absolute atomic E-state index is 3.41. The van der Waals surface area contributed by atoms with Crippen molar-refractivity contribution >= 4 is 10.8 Å². The Morgan fingerprint density at radius 2 is 1.82 bits per heavy atom. The van der Waals surface area contributed by atoms with Crippen LogP contribution in [0.4, 0.5) is 0 Å². The first-order chi connectivity index (χ1) is 8.38. The van der Waals surface area contributed by atoms with Crippen LogP contribution in [0, 0.1) is 0 Å². The van der Waals surface area contributed by atoms with Gasteiger partial charge in [0.1, 0.15) is 0 Å². The lowest BCUT2D eigenvalue weighted by molar-refractivity contribution is 0.572. The van der Waals surface area contributed by atoms with E-state index < -0.39 is 0 Å². The Morgan fingerprint density at radius 3 is 2.65 bits per heavy atom. The summed E-state index contributed by atoms with van der Waals surface area (Å²) in [7, 11) is 2.08. The van der Waals surface area contributed by atoms with Gasteiger partial charge in [-0.05, 0) is 48.6 Å². The van der Waals surface area contributed by atoms with Crippen molar-refractivity contribution < 1.29 is 0 Å². The van der Waals surface area contributed by atoms with Crippen molar-refractivity contribution in [2.45, 2.75) is 31.2 Å². The van der Waals surface area contributed by atoms with Gasteiger partial charge in [-0.25, -0.2) is 0 Å². The Labute approximate surface area is 103 Å². The van der Waals surface area contributed by atoms with E-state index in [9.17, 15) is 0 Å². The molecule has 0 radical (unpaired) electrons. The van der Waals surface area contributed by atoms with Crippen LogP contribution < -0.4 is 5.32 Å². The Balaban J connectivity index is 2.00. The molecule has 1 N–H and O–H groups in total. The summed E-state index contributed by atoms with van der Waals surface area (Å²) in [6.07, 6.45) is 3.91. The van der Waals surface area contributed by atoms with Crippen molar-refractivity contribution in [2.75, 3.05) is 7.05 Å². The normalized spacial score (nSPS) is 24.3. The number of nitrogens with one attached hydrogen (secondary N) is 1. The number of fused-ring (bicyclic) bond motifs is 1. The van der Waals surface area contributed by atoms with E-state index >= 15 is 0 Å². The largest absolute Gasteiger partial charge is 0.317 e. The zero-order valence-corrected chi connectivity index (χ0v) is 10.3. The highest BCUT2D eigenvalue weighted by molar-refractivity contribution is 5.86. The smallest absolute Gasteiger partial charge is 0.00701 e. The van der Waals surface area contributed by atoms with Crippen molar-refractivity contribution in [3.63, 3.8) is 0 Å². The van der Waals surface area contributed by atoms with Gasteiger partial charge in [0.05, 0.1) is 0 Å². The molecule has 0 aromatic heterocycles. The summed E-state index contributed by atoms with van der Waals surface area (Å²) in [5.74, 6) is 0.735. The lowest BCUT2D eigenvalue weighted by Gasteiger charge is -2.14. The highest BCUT2D eigenvalue weighted by atomic mass is 14.9. The molecule has 1 heteroatoms. The van der Waals surface area contributed by atoms with Crippen molar-refractivity contribution in [3.8, 4) is 0 Å². The van der Waals surface area contributed by atoms with Crippen molar-refractivity contribution in [1.29, 1.82) is 0 Å². The van der Waals surface area contributed by atoms with Gasteiger partial charge in [-0.2, -0.15) is 0 Å². The Hall–Kier alpha value is -1.34. The molecule has 0 bridgehead atoms. The first-order valence-corrected chi connectivity index (χ1v) is 6.53. The van der Waals surface area contributed by atoms with Crippen LogP contribution in [0.1, 0.15) is 30.7 Å². The van der Waals surface area contributed by atoms with Gasteiger partial charge in [0.15, 0.2) is 0 Å². The number of hydrogen-bond acceptors (Lipinski definition) is 1. The van der Waals surface area contributed by atoms with Gasteiger partial charge in [-0.3, -0.25) is 0 Å². The zero-order chi connectivity index (χ0) is 11.7. The second-order valence-electron chi connectivity index (χ2n) is 5.06. The van der Waals surface area contributed by atoms with E-state index in [-0.39, 0.29) is 0 Å². The van der Waals surface area contributed by atoms with E-state index in [0.29, 0.717) is 6.04 Å². The standard InChI is InChI=1S/C16H19N/c1-17-14-10-9-13(11-14)16-8-4-6-12-5-2-3-7-15(12)16/h2-8,13-14,17H,9-11H2,1H3. The highest BCUT2D eigenvalue weighted by Gasteiger charge is 2.25. The number of hydrogen-bond donors (Lipinski definition) is 1. The molecule has 1 saturated carbocycles. The monoisotopic (exact) mass is 225 g/mol. The molecule has 2 unspecified atom stereocenters. The van der Waals surface area contributed by atoms with E-state index in [1.807, 2.05) is 0 Å². The SMILES string of the molecule is CNC1CCC(c2cccc3ccccc23)C1. The van der Waals surface area contributed by atoms with Crippen molar-refractivity contribution in [2.24, 2.45) is 0 Å². The molecule has 0 saturated heterocycles. The first-order valence-electron chi connectivity index (χ1n) is 6.53. The third-order valence-electron chi connectivity index (χ3n) is 4.10. The minimum Gasteiger partial charge on any atom is -0.317 e. The predicted molar refractivity (Wildman–Crippen MR) is 73.4 cm³/mol. The fourth-order valence-electron chi connectivity index (χ4n) is 3.13. The lowest BCUT2D eigenvalue weighted by Crippen LogP contribution is -2.21. The van der Waals surface area contributed by atoms with Gasteiger partial charge in [-0.15, -0.1) is 0 Å². The predicted octanol–water partition coefficient (Wildman–Crippen LogP) is 3.70.